The van der Waals surface area contributed by atoms with Crippen molar-refractivity contribution in [2.24, 2.45) is 0 Å². The van der Waals surface area contributed by atoms with Gasteiger partial charge in [0, 0.05) is 0 Å². The normalized spacial score (nSPS) is 10.2. The SMILES string of the molecule is c1ccc(Oc2ccccc2-c2cnco2)cc1. The molecule has 18 heavy (non-hydrogen) atoms. The van der Waals surface area contributed by atoms with Crippen molar-refractivity contribution in [1.82, 2.24) is 4.98 Å². The van der Waals surface area contributed by atoms with E-state index < -0.39 is 0 Å². The highest BCUT2D eigenvalue weighted by molar-refractivity contribution is 5.65. The van der Waals surface area contributed by atoms with Crippen molar-refractivity contribution in [2.45, 2.75) is 0 Å². The average molecular weight is 237 g/mol. The van der Waals surface area contributed by atoms with Gasteiger partial charge in [-0.1, -0.05) is 30.3 Å². The van der Waals surface area contributed by atoms with Gasteiger partial charge in [0.1, 0.15) is 11.5 Å². The molecule has 0 aliphatic rings. The van der Waals surface area contributed by atoms with Crippen molar-refractivity contribution in [3.8, 4) is 22.8 Å². The number of para-hydroxylation sites is 2. The van der Waals surface area contributed by atoms with Crippen LogP contribution in [-0.4, -0.2) is 4.98 Å². The Labute approximate surface area is 105 Å². The fraction of sp³-hybridized carbons (Fsp3) is 0. The van der Waals surface area contributed by atoms with E-state index in [1.165, 1.54) is 6.39 Å². The monoisotopic (exact) mass is 237 g/mol. The van der Waals surface area contributed by atoms with Crippen molar-refractivity contribution >= 4 is 0 Å². The highest BCUT2D eigenvalue weighted by Gasteiger charge is 2.09. The molecule has 0 aliphatic heterocycles. The minimum atomic E-state index is 0.696. The summed E-state index contributed by atoms with van der Waals surface area (Å²) in [6.07, 6.45) is 3.09. The van der Waals surface area contributed by atoms with Crippen molar-refractivity contribution in [2.75, 3.05) is 0 Å². The molecule has 0 amide bonds. The van der Waals surface area contributed by atoms with Crippen LogP contribution < -0.4 is 4.74 Å². The summed E-state index contributed by atoms with van der Waals surface area (Å²) in [6.45, 7) is 0. The molecule has 0 saturated carbocycles. The molecule has 0 spiro atoms. The first kappa shape index (κ1) is 10.6. The number of nitrogens with zero attached hydrogens (tertiary/aromatic N) is 1. The molecule has 0 N–H and O–H groups in total. The first-order valence-corrected chi connectivity index (χ1v) is 5.64. The molecule has 3 nitrogen and oxygen atoms in total. The molecule has 3 aromatic rings. The summed E-state index contributed by atoms with van der Waals surface area (Å²) < 4.78 is 11.2. The van der Waals surface area contributed by atoms with Crippen LogP contribution in [0.3, 0.4) is 0 Å². The largest absolute Gasteiger partial charge is 0.457 e. The minimum absolute atomic E-state index is 0.696. The summed E-state index contributed by atoms with van der Waals surface area (Å²) in [5.41, 5.74) is 0.888. The van der Waals surface area contributed by atoms with E-state index in [0.717, 1.165) is 17.1 Å². The van der Waals surface area contributed by atoms with E-state index in [0.29, 0.717) is 5.76 Å². The molecule has 0 atom stereocenters. The van der Waals surface area contributed by atoms with Gasteiger partial charge in [0.2, 0.25) is 0 Å². The summed E-state index contributed by atoms with van der Waals surface area (Å²) in [7, 11) is 0. The van der Waals surface area contributed by atoms with Crippen LogP contribution in [0.1, 0.15) is 0 Å². The molecule has 0 fully saturated rings. The molecule has 0 radical (unpaired) electrons. The van der Waals surface area contributed by atoms with Gasteiger partial charge in [-0.05, 0) is 24.3 Å². The Morgan fingerprint density at radius 3 is 2.44 bits per heavy atom. The predicted molar refractivity (Wildman–Crippen MR) is 68.5 cm³/mol. The fourth-order valence-corrected chi connectivity index (χ4v) is 1.72. The summed E-state index contributed by atoms with van der Waals surface area (Å²) in [5.74, 6) is 2.24. The van der Waals surface area contributed by atoms with Crippen LogP contribution in [0.15, 0.2) is 71.6 Å². The Bertz CT molecular complexity index is 618. The zero-order valence-electron chi connectivity index (χ0n) is 9.61. The van der Waals surface area contributed by atoms with Gasteiger partial charge in [-0.3, -0.25) is 0 Å². The standard InChI is InChI=1S/C15H11NO2/c1-2-6-12(7-3-1)18-14-9-5-4-8-13(14)15-10-16-11-17-15/h1-11H. The fourth-order valence-electron chi connectivity index (χ4n) is 1.72. The van der Waals surface area contributed by atoms with Gasteiger partial charge in [-0.15, -0.1) is 0 Å². The lowest BCUT2D eigenvalue weighted by atomic mass is 10.1. The minimum Gasteiger partial charge on any atom is -0.457 e. The van der Waals surface area contributed by atoms with Crippen LogP contribution in [0.25, 0.3) is 11.3 Å². The van der Waals surface area contributed by atoms with E-state index in [1.807, 2.05) is 54.6 Å². The van der Waals surface area contributed by atoms with Gasteiger partial charge in [0.15, 0.2) is 12.2 Å². The Kier molecular flexibility index (Phi) is 2.80. The summed E-state index contributed by atoms with van der Waals surface area (Å²) >= 11 is 0. The maximum absolute atomic E-state index is 5.85. The second kappa shape index (κ2) is 4.75. The van der Waals surface area contributed by atoms with Gasteiger partial charge < -0.3 is 9.15 Å². The van der Waals surface area contributed by atoms with Crippen LogP contribution in [0.4, 0.5) is 0 Å². The van der Waals surface area contributed by atoms with Crippen LogP contribution in [0.2, 0.25) is 0 Å². The van der Waals surface area contributed by atoms with Gasteiger partial charge in [-0.2, -0.15) is 0 Å². The molecular weight excluding hydrogens is 226 g/mol. The van der Waals surface area contributed by atoms with Gasteiger partial charge >= 0.3 is 0 Å². The van der Waals surface area contributed by atoms with E-state index in [9.17, 15) is 0 Å². The van der Waals surface area contributed by atoms with Crippen molar-refractivity contribution in [3.05, 3.63) is 67.2 Å². The zero-order valence-corrected chi connectivity index (χ0v) is 9.61. The molecule has 0 aliphatic carbocycles. The van der Waals surface area contributed by atoms with Crippen LogP contribution in [0, 0.1) is 0 Å². The number of hydrogen-bond donors (Lipinski definition) is 0. The quantitative estimate of drug-likeness (QED) is 0.686. The topological polar surface area (TPSA) is 35.3 Å². The zero-order chi connectivity index (χ0) is 12.2. The molecule has 0 saturated heterocycles. The Balaban J connectivity index is 1.98. The first-order valence-electron chi connectivity index (χ1n) is 5.64. The van der Waals surface area contributed by atoms with Gasteiger partial charge in [0.25, 0.3) is 0 Å². The Hall–Kier alpha value is -2.55. The van der Waals surface area contributed by atoms with Crippen LogP contribution in [0.5, 0.6) is 11.5 Å². The van der Waals surface area contributed by atoms with Crippen molar-refractivity contribution < 1.29 is 9.15 Å². The maximum Gasteiger partial charge on any atom is 0.181 e. The lowest BCUT2D eigenvalue weighted by Gasteiger charge is -2.08. The molecule has 1 heterocycles. The highest BCUT2D eigenvalue weighted by atomic mass is 16.5. The Morgan fingerprint density at radius 1 is 0.889 bits per heavy atom. The molecule has 88 valence electrons. The van der Waals surface area contributed by atoms with E-state index in [1.54, 1.807) is 6.20 Å². The molecule has 0 bridgehead atoms. The lowest BCUT2D eigenvalue weighted by molar-refractivity contribution is 0.480. The molecule has 3 rings (SSSR count). The number of ether oxygens (including phenoxy) is 1. The second-order valence-corrected chi connectivity index (χ2v) is 3.78. The molecule has 0 unspecified atom stereocenters. The summed E-state index contributed by atoms with van der Waals surface area (Å²) in [4.78, 5) is 3.92. The van der Waals surface area contributed by atoms with Gasteiger partial charge in [-0.25, -0.2) is 4.98 Å². The molecule has 1 aromatic heterocycles. The third kappa shape index (κ3) is 2.11. The third-order valence-corrected chi connectivity index (χ3v) is 2.56. The summed E-state index contributed by atoms with van der Waals surface area (Å²) in [5, 5.41) is 0. The highest BCUT2D eigenvalue weighted by Crippen LogP contribution is 2.32. The number of aromatic nitrogens is 1. The van der Waals surface area contributed by atoms with E-state index >= 15 is 0 Å². The number of oxazole rings is 1. The number of hydrogen-bond acceptors (Lipinski definition) is 3. The molecule has 2 aromatic carbocycles. The third-order valence-electron chi connectivity index (χ3n) is 2.56. The van der Waals surface area contributed by atoms with E-state index in [4.69, 9.17) is 9.15 Å². The smallest absolute Gasteiger partial charge is 0.181 e. The van der Waals surface area contributed by atoms with Crippen LogP contribution in [-0.2, 0) is 0 Å². The molecule has 3 heteroatoms. The average Bonchev–Trinajstić information content (AvgIpc) is 2.94. The lowest BCUT2D eigenvalue weighted by Crippen LogP contribution is -1.86. The van der Waals surface area contributed by atoms with E-state index in [-0.39, 0.29) is 0 Å². The van der Waals surface area contributed by atoms with Crippen molar-refractivity contribution in [1.29, 1.82) is 0 Å². The predicted octanol–water partition coefficient (Wildman–Crippen LogP) is 4.13. The number of rotatable bonds is 3. The Morgan fingerprint density at radius 2 is 1.67 bits per heavy atom. The summed E-state index contributed by atoms with van der Waals surface area (Å²) in [6, 6.07) is 17.4. The number of benzene rings is 2. The van der Waals surface area contributed by atoms with Crippen molar-refractivity contribution in [3.63, 3.8) is 0 Å². The van der Waals surface area contributed by atoms with E-state index in [2.05, 4.69) is 4.98 Å². The van der Waals surface area contributed by atoms with Crippen LogP contribution >= 0.6 is 0 Å². The second-order valence-electron chi connectivity index (χ2n) is 3.78. The molecular formula is C15H11NO2. The van der Waals surface area contributed by atoms with Gasteiger partial charge in [0.05, 0.1) is 11.8 Å². The first-order chi connectivity index (χ1) is 8.93. The maximum atomic E-state index is 5.85.